The average Bonchev–Trinajstić information content (AvgIpc) is 2.53. The predicted octanol–water partition coefficient (Wildman–Crippen LogP) is 0.398. The van der Waals surface area contributed by atoms with Gasteiger partial charge in [0.05, 0.1) is 6.61 Å². The first-order valence-corrected chi connectivity index (χ1v) is 3.16. The second kappa shape index (κ2) is 4.09. The minimum absolute atomic E-state index is 0. The van der Waals surface area contributed by atoms with Gasteiger partial charge in [0.1, 0.15) is 0 Å². The van der Waals surface area contributed by atoms with Crippen LogP contribution in [-0.2, 0) is 0 Å². The molecule has 1 aliphatic carbocycles. The molecule has 0 aromatic carbocycles. The fourth-order valence-corrected chi connectivity index (χ4v) is 0.975. The van der Waals surface area contributed by atoms with E-state index in [1.807, 2.05) is 7.05 Å². The van der Waals surface area contributed by atoms with Gasteiger partial charge in [-0.25, -0.2) is 0 Å². The molecule has 2 N–H and O–H groups in total. The van der Waals surface area contributed by atoms with E-state index in [4.69, 9.17) is 5.11 Å². The van der Waals surface area contributed by atoms with Crippen molar-refractivity contribution in [1.82, 2.24) is 5.32 Å². The minimum atomic E-state index is 0. The Morgan fingerprint density at radius 1 is 1.67 bits per heavy atom. The standard InChI is InChI=1S/C6H13NO.ClH/c1-7-6(4-8)5-2-3-5;/h5-8H,2-4H2,1H3;1H. The molecule has 56 valence electrons. The number of aliphatic hydroxyl groups is 1. The van der Waals surface area contributed by atoms with Gasteiger partial charge in [0.25, 0.3) is 0 Å². The topological polar surface area (TPSA) is 32.3 Å². The highest BCUT2D eigenvalue weighted by Crippen LogP contribution is 2.31. The van der Waals surface area contributed by atoms with E-state index in [-0.39, 0.29) is 12.4 Å². The largest absolute Gasteiger partial charge is 0.395 e. The van der Waals surface area contributed by atoms with Gasteiger partial charge in [-0.15, -0.1) is 12.4 Å². The Kier molecular flexibility index (Phi) is 4.19. The fourth-order valence-electron chi connectivity index (χ4n) is 0.975. The number of likely N-dealkylation sites (N-methyl/N-ethyl adjacent to an activating group) is 1. The summed E-state index contributed by atoms with van der Waals surface area (Å²) >= 11 is 0. The summed E-state index contributed by atoms with van der Waals surface area (Å²) in [7, 11) is 1.90. The summed E-state index contributed by atoms with van der Waals surface area (Å²) < 4.78 is 0. The van der Waals surface area contributed by atoms with E-state index in [2.05, 4.69) is 5.32 Å². The van der Waals surface area contributed by atoms with Gasteiger partial charge in [-0.2, -0.15) is 0 Å². The third-order valence-electron chi connectivity index (χ3n) is 1.76. The minimum Gasteiger partial charge on any atom is -0.395 e. The lowest BCUT2D eigenvalue weighted by molar-refractivity contribution is 0.235. The van der Waals surface area contributed by atoms with Crippen LogP contribution in [0.3, 0.4) is 0 Å². The summed E-state index contributed by atoms with van der Waals surface area (Å²) in [6, 6.07) is 0.370. The van der Waals surface area contributed by atoms with Crippen molar-refractivity contribution >= 4 is 12.4 Å². The maximum absolute atomic E-state index is 8.67. The number of nitrogens with one attached hydrogen (secondary N) is 1. The molecule has 0 spiro atoms. The van der Waals surface area contributed by atoms with Crippen LogP contribution in [0.1, 0.15) is 12.8 Å². The molecule has 0 saturated heterocycles. The van der Waals surface area contributed by atoms with Gasteiger partial charge < -0.3 is 10.4 Å². The molecule has 0 amide bonds. The molecule has 1 saturated carbocycles. The fraction of sp³-hybridized carbons (Fsp3) is 1.00. The number of hydrogen-bond donors (Lipinski definition) is 2. The number of aliphatic hydroxyl groups excluding tert-OH is 1. The first-order valence-electron chi connectivity index (χ1n) is 3.16. The smallest absolute Gasteiger partial charge is 0.0587 e. The number of halogens is 1. The Balaban J connectivity index is 0.000000640. The molecule has 0 heterocycles. The van der Waals surface area contributed by atoms with E-state index >= 15 is 0 Å². The Morgan fingerprint density at radius 2 is 2.22 bits per heavy atom. The zero-order valence-electron chi connectivity index (χ0n) is 5.63. The summed E-state index contributed by atoms with van der Waals surface area (Å²) in [5, 5.41) is 11.7. The normalized spacial score (nSPS) is 20.7. The van der Waals surface area contributed by atoms with Crippen molar-refractivity contribution in [1.29, 1.82) is 0 Å². The van der Waals surface area contributed by atoms with E-state index in [0.717, 1.165) is 5.92 Å². The van der Waals surface area contributed by atoms with Gasteiger partial charge >= 0.3 is 0 Å². The van der Waals surface area contributed by atoms with Gasteiger partial charge in [0.2, 0.25) is 0 Å². The molecule has 0 aliphatic heterocycles. The summed E-state index contributed by atoms with van der Waals surface area (Å²) in [6.07, 6.45) is 2.60. The van der Waals surface area contributed by atoms with Crippen molar-refractivity contribution in [2.45, 2.75) is 18.9 Å². The molecule has 0 aromatic heterocycles. The first-order chi connectivity index (χ1) is 3.88. The van der Waals surface area contributed by atoms with Crippen molar-refractivity contribution in [3.05, 3.63) is 0 Å². The molecule has 1 rings (SSSR count). The van der Waals surface area contributed by atoms with Crippen LogP contribution in [0.25, 0.3) is 0 Å². The molecule has 1 unspecified atom stereocenters. The van der Waals surface area contributed by atoms with E-state index < -0.39 is 0 Å². The first kappa shape index (κ1) is 9.21. The van der Waals surface area contributed by atoms with Crippen molar-refractivity contribution in [2.75, 3.05) is 13.7 Å². The van der Waals surface area contributed by atoms with E-state index in [0.29, 0.717) is 12.6 Å². The summed E-state index contributed by atoms with van der Waals surface area (Å²) in [6.45, 7) is 0.293. The van der Waals surface area contributed by atoms with Crippen LogP contribution in [-0.4, -0.2) is 24.8 Å². The van der Waals surface area contributed by atoms with Crippen LogP contribution in [0, 0.1) is 5.92 Å². The van der Waals surface area contributed by atoms with Gasteiger partial charge in [-0.1, -0.05) is 0 Å². The number of rotatable bonds is 3. The second-order valence-electron chi connectivity index (χ2n) is 2.42. The summed E-state index contributed by atoms with van der Waals surface area (Å²) in [4.78, 5) is 0. The van der Waals surface area contributed by atoms with Gasteiger partial charge in [0.15, 0.2) is 0 Å². The third-order valence-corrected chi connectivity index (χ3v) is 1.76. The van der Waals surface area contributed by atoms with Crippen LogP contribution < -0.4 is 5.32 Å². The Hall–Kier alpha value is 0.210. The molecular formula is C6H14ClNO. The molecule has 0 aromatic rings. The van der Waals surface area contributed by atoms with E-state index in [1.165, 1.54) is 12.8 Å². The molecule has 9 heavy (non-hydrogen) atoms. The molecule has 3 heteroatoms. The average molecular weight is 152 g/mol. The maximum Gasteiger partial charge on any atom is 0.0587 e. The van der Waals surface area contributed by atoms with Crippen molar-refractivity contribution in [2.24, 2.45) is 5.92 Å². The maximum atomic E-state index is 8.67. The van der Waals surface area contributed by atoms with Crippen LogP contribution in [0.4, 0.5) is 0 Å². The van der Waals surface area contributed by atoms with E-state index in [9.17, 15) is 0 Å². The Bertz CT molecular complexity index is 71.5. The molecule has 0 radical (unpaired) electrons. The molecule has 1 fully saturated rings. The van der Waals surface area contributed by atoms with Crippen LogP contribution in [0.5, 0.6) is 0 Å². The zero-order chi connectivity index (χ0) is 5.98. The monoisotopic (exact) mass is 151 g/mol. The lowest BCUT2D eigenvalue weighted by Gasteiger charge is -2.09. The predicted molar refractivity (Wildman–Crippen MR) is 39.9 cm³/mol. The highest BCUT2D eigenvalue weighted by molar-refractivity contribution is 5.85. The molecule has 0 bridgehead atoms. The van der Waals surface area contributed by atoms with Gasteiger partial charge in [0, 0.05) is 6.04 Å². The summed E-state index contributed by atoms with van der Waals surface area (Å²) in [5.74, 6) is 0.769. The van der Waals surface area contributed by atoms with Crippen LogP contribution in [0.15, 0.2) is 0 Å². The van der Waals surface area contributed by atoms with Gasteiger partial charge in [-0.3, -0.25) is 0 Å². The molecule has 2 nitrogen and oxygen atoms in total. The van der Waals surface area contributed by atoms with Gasteiger partial charge in [-0.05, 0) is 25.8 Å². The number of hydrogen-bond acceptors (Lipinski definition) is 2. The SMILES string of the molecule is CNC(CO)C1CC1.Cl. The van der Waals surface area contributed by atoms with Crippen molar-refractivity contribution in [3.63, 3.8) is 0 Å². The van der Waals surface area contributed by atoms with E-state index in [1.54, 1.807) is 0 Å². The third kappa shape index (κ3) is 2.52. The van der Waals surface area contributed by atoms with Crippen LogP contribution in [0.2, 0.25) is 0 Å². The molecule has 1 atom stereocenters. The van der Waals surface area contributed by atoms with Crippen LogP contribution >= 0.6 is 12.4 Å². The summed E-state index contributed by atoms with van der Waals surface area (Å²) in [5.41, 5.74) is 0. The quantitative estimate of drug-likeness (QED) is 0.612. The lowest BCUT2D eigenvalue weighted by atomic mass is 10.2. The second-order valence-corrected chi connectivity index (χ2v) is 2.42. The Morgan fingerprint density at radius 3 is 2.33 bits per heavy atom. The molecular weight excluding hydrogens is 138 g/mol. The highest BCUT2D eigenvalue weighted by atomic mass is 35.5. The highest BCUT2D eigenvalue weighted by Gasteiger charge is 2.28. The Labute approximate surface area is 62.1 Å². The zero-order valence-corrected chi connectivity index (χ0v) is 6.45. The van der Waals surface area contributed by atoms with Crippen molar-refractivity contribution < 1.29 is 5.11 Å². The van der Waals surface area contributed by atoms with Crippen molar-refractivity contribution in [3.8, 4) is 0 Å². The lowest BCUT2D eigenvalue weighted by Crippen LogP contribution is -2.30. The molecule has 1 aliphatic rings.